The van der Waals surface area contributed by atoms with Crippen LogP contribution in [0.4, 0.5) is 8.78 Å². The highest BCUT2D eigenvalue weighted by atomic mass is 32.1. The Balaban J connectivity index is 1.66. The van der Waals surface area contributed by atoms with E-state index in [0.29, 0.717) is 10.8 Å². The lowest BCUT2D eigenvalue weighted by Gasteiger charge is -2.16. The molecule has 3 rings (SSSR count). The van der Waals surface area contributed by atoms with E-state index in [1.807, 2.05) is 6.07 Å². The molecule has 0 saturated carbocycles. The minimum Gasteiger partial charge on any atom is -0.266 e. The molecule has 1 N–H and O–H groups in total. The number of carbonyl (C=O) groups excluding carboxylic acids is 1. The van der Waals surface area contributed by atoms with Gasteiger partial charge in [0.15, 0.2) is 0 Å². The largest absolute Gasteiger partial charge is 0.281 e. The van der Waals surface area contributed by atoms with Crippen LogP contribution >= 0.6 is 11.3 Å². The maximum Gasteiger partial charge on any atom is 0.281 e. The van der Waals surface area contributed by atoms with Crippen LogP contribution in [0, 0.1) is 17.6 Å². The number of rotatable bonds is 3. The van der Waals surface area contributed by atoms with Crippen LogP contribution in [0.3, 0.4) is 0 Å². The number of hydrogen-bond donors (Lipinski definition) is 1. The highest BCUT2D eigenvalue weighted by Crippen LogP contribution is 2.32. The Hall–Kier alpha value is -2.08. The third-order valence-electron chi connectivity index (χ3n) is 3.89. The number of thiophene rings is 1. The van der Waals surface area contributed by atoms with E-state index in [1.165, 1.54) is 34.1 Å². The molecule has 0 bridgehead atoms. The highest BCUT2D eigenvalue weighted by molar-refractivity contribution is 7.14. The number of hydrogen-bond acceptors (Lipinski definition) is 3. The lowest BCUT2D eigenvalue weighted by Crippen LogP contribution is -2.16. The van der Waals surface area contributed by atoms with Gasteiger partial charge in [0, 0.05) is 16.5 Å². The van der Waals surface area contributed by atoms with Crippen molar-refractivity contribution in [1.29, 1.82) is 0 Å². The molecule has 0 radical (unpaired) electrons. The van der Waals surface area contributed by atoms with Crippen molar-refractivity contribution in [3.8, 4) is 0 Å². The second-order valence-electron chi connectivity index (χ2n) is 5.77. The Labute approximate surface area is 137 Å². The average molecular weight is 334 g/mol. The maximum absolute atomic E-state index is 13.4. The monoisotopic (exact) mass is 334 g/mol. The number of halogens is 2. The molecule has 0 spiro atoms. The fourth-order valence-corrected chi connectivity index (χ4v) is 3.74. The van der Waals surface area contributed by atoms with Crippen molar-refractivity contribution in [2.45, 2.75) is 26.2 Å². The zero-order chi connectivity index (χ0) is 16.4. The second-order valence-corrected chi connectivity index (χ2v) is 6.91. The average Bonchev–Trinajstić information content (AvgIpc) is 2.92. The fraction of sp³-hybridized carbons (Fsp3) is 0.294. The molecule has 1 aliphatic rings. The van der Waals surface area contributed by atoms with Crippen molar-refractivity contribution >= 4 is 23.5 Å². The first-order chi connectivity index (χ1) is 11.0. The molecule has 1 aromatic carbocycles. The molecule has 0 fully saturated rings. The zero-order valence-electron chi connectivity index (χ0n) is 12.6. The number of hydrazone groups is 1. The van der Waals surface area contributed by atoms with Gasteiger partial charge in [-0.15, -0.1) is 11.3 Å². The van der Waals surface area contributed by atoms with E-state index < -0.39 is 11.6 Å². The van der Waals surface area contributed by atoms with Crippen molar-refractivity contribution < 1.29 is 13.6 Å². The Bertz CT molecular complexity index is 770. The molecule has 0 saturated heterocycles. The molecule has 1 atom stereocenters. The molecule has 0 aliphatic heterocycles. The summed E-state index contributed by atoms with van der Waals surface area (Å²) < 4.78 is 26.3. The third kappa shape index (κ3) is 3.64. The Morgan fingerprint density at radius 1 is 1.39 bits per heavy atom. The molecule has 1 aromatic heterocycles. The summed E-state index contributed by atoms with van der Waals surface area (Å²) >= 11 is 1.49. The van der Waals surface area contributed by atoms with Gasteiger partial charge in [-0.3, -0.25) is 4.79 Å². The van der Waals surface area contributed by atoms with Crippen molar-refractivity contribution in [2.75, 3.05) is 0 Å². The van der Waals surface area contributed by atoms with Gasteiger partial charge in [0.25, 0.3) is 5.91 Å². The number of nitrogens with one attached hydrogen (secondary N) is 1. The van der Waals surface area contributed by atoms with Crippen molar-refractivity contribution in [3.05, 3.63) is 56.8 Å². The Kier molecular flexibility index (Phi) is 4.52. The number of benzene rings is 1. The molecule has 2 aromatic rings. The topological polar surface area (TPSA) is 41.5 Å². The van der Waals surface area contributed by atoms with Gasteiger partial charge < -0.3 is 0 Å². The van der Waals surface area contributed by atoms with E-state index >= 15 is 0 Å². The van der Waals surface area contributed by atoms with Crippen LogP contribution in [0.15, 0.2) is 29.4 Å². The van der Waals surface area contributed by atoms with Crippen molar-refractivity contribution in [3.63, 3.8) is 0 Å². The minimum atomic E-state index is -0.719. The van der Waals surface area contributed by atoms with Gasteiger partial charge >= 0.3 is 0 Å². The normalized spacial score (nSPS) is 17.3. The summed E-state index contributed by atoms with van der Waals surface area (Å²) in [5.74, 6) is -1.03. The number of aryl methyl sites for hydroxylation is 1. The molecule has 6 heteroatoms. The molecule has 1 heterocycles. The highest BCUT2D eigenvalue weighted by Gasteiger charge is 2.20. The van der Waals surface area contributed by atoms with E-state index in [-0.39, 0.29) is 11.5 Å². The smallest absolute Gasteiger partial charge is 0.266 e. The summed E-state index contributed by atoms with van der Waals surface area (Å²) in [6.07, 6.45) is 4.33. The van der Waals surface area contributed by atoms with Crippen molar-refractivity contribution in [1.82, 2.24) is 5.43 Å². The summed E-state index contributed by atoms with van der Waals surface area (Å²) in [5.41, 5.74) is 3.75. The number of nitrogens with zero attached hydrogens (tertiary/aromatic N) is 1. The molecule has 1 unspecified atom stereocenters. The van der Waals surface area contributed by atoms with Gasteiger partial charge in [-0.1, -0.05) is 6.92 Å². The number of fused-ring (bicyclic) bond motifs is 1. The zero-order valence-corrected chi connectivity index (χ0v) is 13.4. The van der Waals surface area contributed by atoms with Gasteiger partial charge in [0.2, 0.25) is 0 Å². The van der Waals surface area contributed by atoms with E-state index in [4.69, 9.17) is 0 Å². The lowest BCUT2D eigenvalue weighted by molar-refractivity contribution is 0.0959. The first-order valence-electron chi connectivity index (χ1n) is 7.43. The Morgan fingerprint density at radius 2 is 2.22 bits per heavy atom. The molecular formula is C17H16F2N2OS. The van der Waals surface area contributed by atoms with Gasteiger partial charge in [-0.05, 0) is 48.9 Å². The van der Waals surface area contributed by atoms with Gasteiger partial charge in [-0.25, -0.2) is 14.2 Å². The molecular weight excluding hydrogens is 318 g/mol. The number of carbonyl (C=O) groups is 1. The van der Waals surface area contributed by atoms with Crippen LogP contribution in [0.5, 0.6) is 0 Å². The maximum atomic E-state index is 13.4. The van der Waals surface area contributed by atoms with Gasteiger partial charge in [0.1, 0.15) is 11.6 Å². The minimum absolute atomic E-state index is 0.117. The third-order valence-corrected chi connectivity index (χ3v) is 5.12. The number of amides is 1. The lowest BCUT2D eigenvalue weighted by atomic mass is 9.90. The SMILES string of the molecule is CC1CCc2sc(C(=O)N/N=C/c3ccc(F)cc3F)cc2C1. The summed E-state index contributed by atoms with van der Waals surface area (Å²) in [6, 6.07) is 5.10. The second kappa shape index (κ2) is 6.58. The molecule has 120 valence electrons. The first kappa shape index (κ1) is 15.8. The van der Waals surface area contributed by atoms with Gasteiger partial charge in [-0.2, -0.15) is 5.10 Å². The van der Waals surface area contributed by atoms with E-state index in [1.54, 1.807) is 0 Å². The van der Waals surface area contributed by atoms with Crippen LogP contribution in [-0.2, 0) is 12.8 Å². The quantitative estimate of drug-likeness (QED) is 0.671. The first-order valence-corrected chi connectivity index (χ1v) is 8.24. The molecule has 1 amide bonds. The van der Waals surface area contributed by atoms with E-state index in [0.717, 1.165) is 31.4 Å². The van der Waals surface area contributed by atoms with E-state index in [2.05, 4.69) is 17.5 Å². The fourth-order valence-electron chi connectivity index (χ4n) is 2.64. The summed E-state index contributed by atoms with van der Waals surface area (Å²) in [5, 5.41) is 3.75. The Morgan fingerprint density at radius 3 is 3.00 bits per heavy atom. The predicted octanol–water partition coefficient (Wildman–Crippen LogP) is 3.92. The summed E-state index contributed by atoms with van der Waals surface area (Å²) in [6.45, 7) is 2.21. The van der Waals surface area contributed by atoms with Crippen molar-refractivity contribution in [2.24, 2.45) is 11.0 Å². The van der Waals surface area contributed by atoms with Crippen LogP contribution in [0.25, 0.3) is 0 Å². The molecule has 23 heavy (non-hydrogen) atoms. The van der Waals surface area contributed by atoms with Gasteiger partial charge in [0.05, 0.1) is 11.1 Å². The summed E-state index contributed by atoms with van der Waals surface area (Å²) in [7, 11) is 0. The standard InChI is InChI=1S/C17H16F2N2OS/c1-10-2-5-15-12(6-10)7-16(23-15)17(22)21-20-9-11-3-4-13(18)8-14(11)19/h3-4,7-10H,2,5-6H2,1H3,(H,21,22)/b20-9+. The van der Waals surface area contributed by atoms with E-state index in [9.17, 15) is 13.6 Å². The summed E-state index contributed by atoms with van der Waals surface area (Å²) in [4.78, 5) is 14.0. The van der Waals surface area contributed by atoms with Crippen LogP contribution < -0.4 is 5.43 Å². The van der Waals surface area contributed by atoms with Crippen LogP contribution in [-0.4, -0.2) is 12.1 Å². The van der Waals surface area contributed by atoms with Crippen LogP contribution in [0.2, 0.25) is 0 Å². The van der Waals surface area contributed by atoms with Crippen LogP contribution in [0.1, 0.15) is 39.0 Å². The molecule has 3 nitrogen and oxygen atoms in total. The molecule has 1 aliphatic carbocycles. The predicted molar refractivity (Wildman–Crippen MR) is 86.9 cm³/mol.